The third-order valence-corrected chi connectivity index (χ3v) is 6.06. The van der Waals surface area contributed by atoms with Crippen LogP contribution in [-0.4, -0.2) is 19.9 Å². The summed E-state index contributed by atoms with van der Waals surface area (Å²) in [6.45, 7) is 5.64. The van der Waals surface area contributed by atoms with Gasteiger partial charge in [-0.2, -0.15) is 8.42 Å². The lowest BCUT2D eigenvalue weighted by Crippen LogP contribution is -2.22. The molecule has 0 fully saturated rings. The molecule has 0 atom stereocenters. The number of benzene rings is 2. The zero-order valence-corrected chi connectivity index (χ0v) is 17.2. The molecule has 1 aliphatic rings. The van der Waals surface area contributed by atoms with Crippen molar-refractivity contribution >= 4 is 21.5 Å². The van der Waals surface area contributed by atoms with E-state index < -0.39 is 15.6 Å². The van der Waals surface area contributed by atoms with Gasteiger partial charge in [-0.05, 0) is 39.0 Å². The average molecular weight is 407 g/mol. The lowest BCUT2D eigenvalue weighted by molar-refractivity contribution is 0.171. The Balaban J connectivity index is 1.68. The molecule has 0 saturated heterocycles. The Morgan fingerprint density at radius 2 is 1.62 bits per heavy atom. The van der Waals surface area contributed by atoms with Crippen molar-refractivity contribution in [2.45, 2.75) is 31.3 Å². The molecule has 0 N–H and O–H groups in total. The first-order valence-electron chi connectivity index (χ1n) is 9.22. The fourth-order valence-corrected chi connectivity index (χ4v) is 4.14. The highest BCUT2D eigenvalue weighted by atomic mass is 32.2. The zero-order valence-electron chi connectivity index (χ0n) is 16.4. The van der Waals surface area contributed by atoms with Crippen LogP contribution >= 0.6 is 0 Å². The number of hydrogen-bond acceptors (Lipinski definition) is 4. The maximum Gasteiger partial charge on any atom is 0.285 e. The number of aryl methyl sites for hydroxylation is 1. The van der Waals surface area contributed by atoms with Crippen molar-refractivity contribution in [1.29, 1.82) is 0 Å². The number of furan rings is 1. The number of nitrogens with zero attached hydrogens (tertiary/aromatic N) is 1. The number of ether oxygens (including phenoxy) is 1. The quantitative estimate of drug-likeness (QED) is 0.593. The molecule has 3 aromatic rings. The van der Waals surface area contributed by atoms with Gasteiger partial charge in [0.15, 0.2) is 0 Å². The predicted molar refractivity (Wildman–Crippen MR) is 113 cm³/mol. The normalized spacial score (nSPS) is 17.2. The van der Waals surface area contributed by atoms with Gasteiger partial charge in [0.2, 0.25) is 5.90 Å². The topological polar surface area (TPSA) is 68.9 Å². The predicted octanol–water partition coefficient (Wildman–Crippen LogP) is 5.23. The summed E-state index contributed by atoms with van der Waals surface area (Å²) in [5.74, 6) is 0.794. The summed E-state index contributed by atoms with van der Waals surface area (Å²) in [6.07, 6.45) is 3.31. The summed E-state index contributed by atoms with van der Waals surface area (Å²) in [6, 6.07) is 18.3. The van der Waals surface area contributed by atoms with Gasteiger partial charge in [0, 0.05) is 22.8 Å². The van der Waals surface area contributed by atoms with Crippen LogP contribution in [0.4, 0.5) is 0 Å². The largest absolute Gasteiger partial charge is 0.466 e. The van der Waals surface area contributed by atoms with E-state index in [1.165, 1.54) is 0 Å². The molecule has 0 aliphatic carbocycles. The zero-order chi connectivity index (χ0) is 20.6. The van der Waals surface area contributed by atoms with Crippen LogP contribution in [-0.2, 0) is 14.8 Å². The van der Waals surface area contributed by atoms with Crippen molar-refractivity contribution in [2.24, 2.45) is 4.40 Å². The van der Waals surface area contributed by atoms with Crippen LogP contribution in [0.15, 0.2) is 86.7 Å². The van der Waals surface area contributed by atoms with Crippen molar-refractivity contribution in [3.63, 3.8) is 0 Å². The molecule has 0 unspecified atom stereocenters. The van der Waals surface area contributed by atoms with Crippen LogP contribution in [0.25, 0.3) is 16.9 Å². The standard InChI is InChI=1S/C23H21NO4S/c1-16-9-11-19(12-10-16)29(25,26)24-22-14-20(23(2,3)28-22)18-13-21(27-15-18)17-7-5-4-6-8-17/h4-15H,1-3H3/b24-22-. The van der Waals surface area contributed by atoms with E-state index in [1.54, 1.807) is 36.6 Å². The highest BCUT2D eigenvalue weighted by Crippen LogP contribution is 2.38. The van der Waals surface area contributed by atoms with Gasteiger partial charge >= 0.3 is 0 Å². The monoisotopic (exact) mass is 407 g/mol. The van der Waals surface area contributed by atoms with Crippen LogP contribution in [0.1, 0.15) is 25.0 Å². The van der Waals surface area contributed by atoms with Gasteiger partial charge in [0.1, 0.15) is 11.4 Å². The highest BCUT2D eigenvalue weighted by molar-refractivity contribution is 7.90. The Hall–Kier alpha value is -3.12. The van der Waals surface area contributed by atoms with Crippen molar-refractivity contribution in [3.8, 4) is 11.3 Å². The minimum Gasteiger partial charge on any atom is -0.466 e. The van der Waals surface area contributed by atoms with E-state index in [-0.39, 0.29) is 10.8 Å². The molecule has 2 heterocycles. The molecule has 1 aliphatic heterocycles. The van der Waals surface area contributed by atoms with Crippen LogP contribution < -0.4 is 0 Å². The maximum atomic E-state index is 12.6. The van der Waals surface area contributed by atoms with E-state index >= 15 is 0 Å². The van der Waals surface area contributed by atoms with Gasteiger partial charge in [-0.15, -0.1) is 4.40 Å². The van der Waals surface area contributed by atoms with Crippen LogP contribution in [0.5, 0.6) is 0 Å². The highest BCUT2D eigenvalue weighted by Gasteiger charge is 2.35. The molecule has 0 radical (unpaired) electrons. The second-order valence-electron chi connectivity index (χ2n) is 7.45. The average Bonchev–Trinajstić information content (AvgIpc) is 3.26. The summed E-state index contributed by atoms with van der Waals surface area (Å²) in [5, 5.41) is 0. The second-order valence-corrected chi connectivity index (χ2v) is 9.06. The molecular formula is C23H21NO4S. The number of hydrogen-bond donors (Lipinski definition) is 0. The maximum absolute atomic E-state index is 12.6. The van der Waals surface area contributed by atoms with Gasteiger partial charge in [-0.1, -0.05) is 48.0 Å². The fourth-order valence-electron chi connectivity index (χ4n) is 3.23. The molecule has 6 heteroatoms. The van der Waals surface area contributed by atoms with Crippen LogP contribution in [0.2, 0.25) is 0 Å². The molecule has 0 saturated carbocycles. The van der Waals surface area contributed by atoms with Gasteiger partial charge < -0.3 is 9.15 Å². The van der Waals surface area contributed by atoms with Crippen molar-refractivity contribution in [1.82, 2.24) is 0 Å². The lowest BCUT2D eigenvalue weighted by atomic mass is 9.94. The second kappa shape index (κ2) is 7.04. The summed E-state index contributed by atoms with van der Waals surface area (Å²) in [5.41, 5.74) is 2.84. The molecule has 0 spiro atoms. The summed E-state index contributed by atoms with van der Waals surface area (Å²) in [4.78, 5) is 0.133. The molecule has 148 valence electrons. The first-order chi connectivity index (χ1) is 13.7. The molecular weight excluding hydrogens is 386 g/mol. The summed E-state index contributed by atoms with van der Waals surface area (Å²) in [7, 11) is -3.86. The smallest absolute Gasteiger partial charge is 0.285 e. The molecule has 2 aromatic carbocycles. The summed E-state index contributed by atoms with van der Waals surface area (Å²) < 4.78 is 40.7. The van der Waals surface area contributed by atoms with E-state index in [0.29, 0.717) is 0 Å². The Labute approximate surface area is 170 Å². The van der Waals surface area contributed by atoms with Crippen LogP contribution in [0, 0.1) is 6.92 Å². The van der Waals surface area contributed by atoms with E-state index in [1.807, 2.05) is 57.2 Å². The fraction of sp³-hybridized carbons (Fsp3) is 0.174. The van der Waals surface area contributed by atoms with Crippen LogP contribution in [0.3, 0.4) is 0 Å². The van der Waals surface area contributed by atoms with E-state index in [0.717, 1.165) is 28.0 Å². The SMILES string of the molecule is Cc1ccc(S(=O)(=O)/N=C2/C=C(c3coc(-c4ccccc4)c3)C(C)(C)O2)cc1. The minimum absolute atomic E-state index is 0.0630. The van der Waals surface area contributed by atoms with Crippen molar-refractivity contribution in [3.05, 3.63) is 84.1 Å². The Kier molecular flexibility index (Phi) is 4.67. The van der Waals surface area contributed by atoms with Crippen molar-refractivity contribution in [2.75, 3.05) is 0 Å². The molecule has 4 rings (SSSR count). The molecule has 0 bridgehead atoms. The molecule has 5 nitrogen and oxygen atoms in total. The Morgan fingerprint density at radius 3 is 2.31 bits per heavy atom. The third kappa shape index (κ3) is 3.89. The summed E-state index contributed by atoms with van der Waals surface area (Å²) >= 11 is 0. The van der Waals surface area contributed by atoms with Crippen molar-refractivity contribution < 1.29 is 17.6 Å². The molecule has 29 heavy (non-hydrogen) atoms. The Morgan fingerprint density at radius 1 is 0.931 bits per heavy atom. The number of sulfonamides is 1. The first-order valence-corrected chi connectivity index (χ1v) is 10.7. The van der Waals surface area contributed by atoms with Gasteiger partial charge in [-0.3, -0.25) is 0 Å². The third-order valence-electron chi connectivity index (χ3n) is 4.77. The number of rotatable bonds is 4. The van der Waals surface area contributed by atoms with E-state index in [4.69, 9.17) is 9.15 Å². The van der Waals surface area contributed by atoms with Gasteiger partial charge in [-0.25, -0.2) is 0 Å². The van der Waals surface area contributed by atoms with Gasteiger partial charge in [0.25, 0.3) is 10.0 Å². The van der Waals surface area contributed by atoms with E-state index in [9.17, 15) is 8.42 Å². The first kappa shape index (κ1) is 19.2. The Bertz CT molecular complexity index is 1200. The lowest BCUT2D eigenvalue weighted by Gasteiger charge is -2.21. The minimum atomic E-state index is -3.86. The van der Waals surface area contributed by atoms with Gasteiger partial charge in [0.05, 0.1) is 11.2 Å². The molecule has 0 amide bonds. The van der Waals surface area contributed by atoms with E-state index in [2.05, 4.69) is 4.40 Å². The molecule has 1 aromatic heterocycles.